The van der Waals surface area contributed by atoms with Gasteiger partial charge in [-0.05, 0) is 24.5 Å². The van der Waals surface area contributed by atoms with E-state index in [1.165, 1.54) is 6.07 Å². The summed E-state index contributed by atoms with van der Waals surface area (Å²) in [5, 5.41) is 8.84. The van der Waals surface area contributed by atoms with Crippen LogP contribution in [0.4, 0.5) is 13.2 Å². The van der Waals surface area contributed by atoms with Crippen molar-refractivity contribution in [1.82, 2.24) is 4.98 Å². The van der Waals surface area contributed by atoms with Crippen molar-refractivity contribution in [3.63, 3.8) is 0 Å². The fourth-order valence-electron chi connectivity index (χ4n) is 1.43. The molecule has 1 heterocycles. The van der Waals surface area contributed by atoms with E-state index in [0.29, 0.717) is 18.4 Å². The Labute approximate surface area is 84.4 Å². The van der Waals surface area contributed by atoms with E-state index in [9.17, 15) is 13.2 Å². The Morgan fingerprint density at radius 1 is 1.33 bits per heavy atom. The molecule has 1 saturated carbocycles. The molecule has 0 aliphatic heterocycles. The van der Waals surface area contributed by atoms with Crippen molar-refractivity contribution in [2.24, 2.45) is 0 Å². The third-order valence-corrected chi connectivity index (χ3v) is 2.57. The van der Waals surface area contributed by atoms with Gasteiger partial charge in [0.1, 0.15) is 5.69 Å². The molecule has 1 aliphatic carbocycles. The number of pyridine rings is 1. The number of hydrogen-bond acceptors (Lipinski definition) is 2. The predicted molar refractivity (Wildman–Crippen MR) is 45.8 cm³/mol. The van der Waals surface area contributed by atoms with E-state index < -0.39 is 17.3 Å². The topological polar surface area (TPSA) is 36.7 Å². The molecular formula is C10H7F3N2. The predicted octanol–water partition coefficient (Wildman–Crippen LogP) is 2.66. The van der Waals surface area contributed by atoms with Crippen LogP contribution >= 0.6 is 0 Å². The molecule has 1 aromatic heterocycles. The molecule has 78 valence electrons. The first-order valence-electron chi connectivity index (χ1n) is 4.43. The normalized spacial score (nSPS) is 18.3. The van der Waals surface area contributed by atoms with Gasteiger partial charge in [-0.3, -0.25) is 4.98 Å². The second kappa shape index (κ2) is 2.96. The van der Waals surface area contributed by atoms with Gasteiger partial charge < -0.3 is 0 Å². The van der Waals surface area contributed by atoms with Crippen molar-refractivity contribution in [3.8, 4) is 6.07 Å². The van der Waals surface area contributed by atoms with Gasteiger partial charge in [-0.2, -0.15) is 18.4 Å². The van der Waals surface area contributed by atoms with Crippen LogP contribution in [0.2, 0.25) is 0 Å². The lowest BCUT2D eigenvalue weighted by molar-refractivity contribution is -0.141. The molecule has 0 amide bonds. The van der Waals surface area contributed by atoms with Crippen LogP contribution in [0.25, 0.3) is 0 Å². The number of alkyl halides is 3. The third-order valence-electron chi connectivity index (χ3n) is 2.57. The smallest absolute Gasteiger partial charge is 0.251 e. The van der Waals surface area contributed by atoms with E-state index >= 15 is 0 Å². The number of nitrogens with zero attached hydrogens (tertiary/aromatic N) is 2. The average Bonchev–Trinajstić information content (AvgIpc) is 2.97. The Kier molecular flexibility index (Phi) is 1.97. The van der Waals surface area contributed by atoms with E-state index in [1.54, 1.807) is 0 Å². The van der Waals surface area contributed by atoms with Crippen LogP contribution in [0, 0.1) is 11.3 Å². The second-order valence-electron chi connectivity index (χ2n) is 3.62. The molecule has 0 saturated heterocycles. The standard InChI is InChI=1S/C10H7F3N2/c11-10(12,13)8-2-1-7(5-15-8)9(6-14)3-4-9/h1-2,5H,3-4H2. The number of hydrogen-bond donors (Lipinski definition) is 0. The third kappa shape index (κ3) is 1.67. The van der Waals surface area contributed by atoms with Crippen molar-refractivity contribution < 1.29 is 13.2 Å². The summed E-state index contributed by atoms with van der Waals surface area (Å²) in [4.78, 5) is 3.33. The maximum absolute atomic E-state index is 12.2. The summed E-state index contributed by atoms with van der Waals surface area (Å²) in [6.45, 7) is 0. The van der Waals surface area contributed by atoms with Crippen molar-refractivity contribution in [2.75, 3.05) is 0 Å². The zero-order chi connectivity index (χ0) is 11.1. The molecule has 0 bridgehead atoms. The number of halogens is 3. The molecule has 0 N–H and O–H groups in total. The van der Waals surface area contributed by atoms with Crippen molar-refractivity contribution in [3.05, 3.63) is 29.6 Å². The van der Waals surface area contributed by atoms with Gasteiger partial charge in [0.25, 0.3) is 0 Å². The highest BCUT2D eigenvalue weighted by Gasteiger charge is 2.45. The van der Waals surface area contributed by atoms with Gasteiger partial charge in [-0.15, -0.1) is 0 Å². The molecule has 2 nitrogen and oxygen atoms in total. The first-order valence-corrected chi connectivity index (χ1v) is 4.43. The first-order chi connectivity index (χ1) is 6.98. The van der Waals surface area contributed by atoms with E-state index in [1.807, 2.05) is 0 Å². The lowest BCUT2D eigenvalue weighted by Gasteiger charge is -2.08. The van der Waals surface area contributed by atoms with Gasteiger partial charge in [-0.1, -0.05) is 6.07 Å². The fourth-order valence-corrected chi connectivity index (χ4v) is 1.43. The number of nitriles is 1. The maximum Gasteiger partial charge on any atom is 0.433 e. The van der Waals surface area contributed by atoms with Crippen LogP contribution in [0.5, 0.6) is 0 Å². The van der Waals surface area contributed by atoms with Gasteiger partial charge in [-0.25, -0.2) is 0 Å². The minimum Gasteiger partial charge on any atom is -0.251 e. The summed E-state index contributed by atoms with van der Waals surface area (Å²) >= 11 is 0. The molecule has 0 atom stereocenters. The summed E-state index contributed by atoms with van der Waals surface area (Å²) in [5.41, 5.74) is -0.907. The Hall–Kier alpha value is -1.57. The Bertz CT molecular complexity index is 410. The maximum atomic E-state index is 12.2. The van der Waals surface area contributed by atoms with E-state index in [2.05, 4.69) is 11.1 Å². The van der Waals surface area contributed by atoms with Gasteiger partial charge in [0.15, 0.2) is 0 Å². The monoisotopic (exact) mass is 212 g/mol. The van der Waals surface area contributed by atoms with Gasteiger partial charge in [0.2, 0.25) is 0 Å². The van der Waals surface area contributed by atoms with Crippen molar-refractivity contribution in [1.29, 1.82) is 5.26 Å². The van der Waals surface area contributed by atoms with Crippen molar-refractivity contribution in [2.45, 2.75) is 24.4 Å². The SMILES string of the molecule is N#CC1(c2ccc(C(F)(F)F)nc2)CC1. The molecule has 2 rings (SSSR count). The summed E-state index contributed by atoms with van der Waals surface area (Å²) < 4.78 is 36.6. The lowest BCUT2D eigenvalue weighted by atomic mass is 10.00. The highest BCUT2D eigenvalue weighted by Crippen LogP contribution is 2.47. The summed E-state index contributed by atoms with van der Waals surface area (Å²) in [6, 6.07) is 4.37. The zero-order valence-electron chi connectivity index (χ0n) is 7.67. The lowest BCUT2D eigenvalue weighted by Crippen LogP contribution is -2.10. The summed E-state index contributed by atoms with van der Waals surface area (Å²) in [6.07, 6.45) is -1.85. The Morgan fingerprint density at radius 2 is 2.00 bits per heavy atom. The second-order valence-corrected chi connectivity index (χ2v) is 3.62. The largest absolute Gasteiger partial charge is 0.433 e. The van der Waals surface area contributed by atoms with E-state index in [4.69, 9.17) is 5.26 Å². The quantitative estimate of drug-likeness (QED) is 0.717. The van der Waals surface area contributed by atoms with Crippen LogP contribution in [-0.2, 0) is 11.6 Å². The molecule has 1 fully saturated rings. The van der Waals surface area contributed by atoms with Crippen molar-refractivity contribution >= 4 is 0 Å². The molecule has 0 radical (unpaired) electrons. The highest BCUT2D eigenvalue weighted by atomic mass is 19.4. The zero-order valence-corrected chi connectivity index (χ0v) is 7.67. The molecule has 1 aliphatic rings. The van der Waals surface area contributed by atoms with Gasteiger partial charge in [0, 0.05) is 6.20 Å². The minimum absolute atomic E-state index is 0.572. The van der Waals surface area contributed by atoms with Crippen LogP contribution in [0.1, 0.15) is 24.1 Å². The van der Waals surface area contributed by atoms with Crippen LogP contribution in [0.15, 0.2) is 18.3 Å². The first kappa shape index (κ1) is 9.97. The summed E-state index contributed by atoms with van der Waals surface area (Å²) in [5.74, 6) is 0. The summed E-state index contributed by atoms with van der Waals surface area (Å²) in [7, 11) is 0. The van der Waals surface area contributed by atoms with E-state index in [-0.39, 0.29) is 0 Å². The van der Waals surface area contributed by atoms with Crippen LogP contribution < -0.4 is 0 Å². The molecule has 0 unspecified atom stereocenters. The number of aromatic nitrogens is 1. The Morgan fingerprint density at radius 3 is 2.33 bits per heavy atom. The average molecular weight is 212 g/mol. The fraction of sp³-hybridized carbons (Fsp3) is 0.400. The Balaban J connectivity index is 2.30. The molecular weight excluding hydrogens is 205 g/mol. The highest BCUT2D eigenvalue weighted by molar-refractivity contribution is 5.37. The minimum atomic E-state index is -4.41. The van der Waals surface area contributed by atoms with Gasteiger partial charge in [0.05, 0.1) is 11.5 Å². The molecule has 0 aromatic carbocycles. The molecule has 0 spiro atoms. The van der Waals surface area contributed by atoms with Gasteiger partial charge >= 0.3 is 6.18 Å². The number of rotatable bonds is 1. The molecule has 15 heavy (non-hydrogen) atoms. The van der Waals surface area contributed by atoms with Crippen LogP contribution in [0.3, 0.4) is 0 Å². The molecule has 1 aromatic rings. The van der Waals surface area contributed by atoms with E-state index in [0.717, 1.165) is 12.3 Å². The van der Waals surface area contributed by atoms with Crippen LogP contribution in [-0.4, -0.2) is 4.98 Å². The molecule has 5 heteroatoms.